The molecule has 0 aliphatic carbocycles. The number of hydrogen-bond acceptors (Lipinski definition) is 5. The number of halogens is 2. The van der Waals surface area contributed by atoms with Crippen molar-refractivity contribution < 1.29 is 22.0 Å². The fourth-order valence-corrected chi connectivity index (χ4v) is 4.52. The zero-order chi connectivity index (χ0) is 15.6. The van der Waals surface area contributed by atoms with Crippen molar-refractivity contribution in [1.82, 2.24) is 9.88 Å². The molecule has 21 heavy (non-hydrogen) atoms. The number of carbonyl (C=O) groups excluding carboxylic acids is 1. The lowest BCUT2D eigenvalue weighted by Crippen LogP contribution is -2.38. The molecule has 0 N–H and O–H groups in total. The van der Waals surface area contributed by atoms with E-state index in [0.29, 0.717) is 6.42 Å². The highest BCUT2D eigenvalue weighted by molar-refractivity contribution is 7.99. The summed E-state index contributed by atoms with van der Waals surface area (Å²) >= 11 is 0.203. The highest BCUT2D eigenvalue weighted by atomic mass is 32.2. The molecular formula is C12H14F2N2O3S2. The lowest BCUT2D eigenvalue weighted by Gasteiger charge is -2.24. The molecular weight excluding hydrogens is 322 g/mol. The van der Waals surface area contributed by atoms with Crippen LogP contribution < -0.4 is 0 Å². The van der Waals surface area contributed by atoms with Crippen LogP contribution in [-0.2, 0) is 9.84 Å². The number of rotatable bonds is 4. The minimum absolute atomic E-state index is 0.0426. The summed E-state index contributed by atoms with van der Waals surface area (Å²) in [4.78, 5) is 17.5. The summed E-state index contributed by atoms with van der Waals surface area (Å²) in [6.07, 6.45) is 1.70. The summed E-state index contributed by atoms with van der Waals surface area (Å²) in [5.74, 6) is -3.22. The number of pyridine rings is 1. The number of carbonyl (C=O) groups is 1. The molecule has 0 aromatic carbocycles. The average Bonchev–Trinajstić information content (AvgIpc) is 2.77. The molecule has 1 aromatic rings. The smallest absolute Gasteiger partial charge is 0.290 e. The highest BCUT2D eigenvalue weighted by Crippen LogP contribution is 2.28. The molecule has 1 aliphatic heterocycles. The van der Waals surface area contributed by atoms with E-state index < -0.39 is 27.5 Å². The van der Waals surface area contributed by atoms with Gasteiger partial charge in [-0.1, -0.05) is 0 Å². The van der Waals surface area contributed by atoms with E-state index in [-0.39, 0.29) is 33.9 Å². The number of nitrogens with zero attached hydrogens (tertiary/aromatic N) is 2. The van der Waals surface area contributed by atoms with Gasteiger partial charge >= 0.3 is 0 Å². The normalized spacial score (nSPS) is 20.7. The predicted octanol–water partition coefficient (Wildman–Crippen LogP) is 1.66. The van der Waals surface area contributed by atoms with Crippen LogP contribution in [0.5, 0.6) is 0 Å². The predicted molar refractivity (Wildman–Crippen MR) is 75.3 cm³/mol. The number of thioether (sulfide) groups is 1. The third-order valence-electron chi connectivity index (χ3n) is 3.28. The first-order chi connectivity index (χ1) is 9.80. The van der Waals surface area contributed by atoms with Crippen LogP contribution in [0.15, 0.2) is 23.4 Å². The first-order valence-corrected chi connectivity index (χ1v) is 8.87. The molecule has 0 spiro atoms. The third kappa shape index (κ3) is 3.91. The van der Waals surface area contributed by atoms with Crippen molar-refractivity contribution in [3.05, 3.63) is 23.9 Å². The second-order valence-electron chi connectivity index (χ2n) is 4.71. The number of hydrogen-bond donors (Lipinski definition) is 0. The average molecular weight is 336 g/mol. The minimum atomic E-state index is -3.12. The second-order valence-corrected chi connectivity index (χ2v) is 7.92. The maximum atomic E-state index is 12.5. The summed E-state index contributed by atoms with van der Waals surface area (Å²) in [6, 6.07) is 2.48. The topological polar surface area (TPSA) is 67.3 Å². The van der Waals surface area contributed by atoms with E-state index in [1.165, 1.54) is 30.3 Å². The summed E-state index contributed by atoms with van der Waals surface area (Å²) in [5, 5.41) is -0.0507. The largest absolute Gasteiger partial charge is 0.338 e. The van der Waals surface area contributed by atoms with Crippen molar-refractivity contribution in [3.63, 3.8) is 0 Å². The maximum absolute atomic E-state index is 12.5. The van der Waals surface area contributed by atoms with E-state index in [1.54, 1.807) is 0 Å². The van der Waals surface area contributed by atoms with E-state index in [4.69, 9.17) is 0 Å². The van der Waals surface area contributed by atoms with E-state index in [1.807, 2.05) is 0 Å². The molecule has 2 rings (SSSR count). The molecule has 1 atom stereocenters. The van der Waals surface area contributed by atoms with Gasteiger partial charge in [0.1, 0.15) is 5.03 Å². The van der Waals surface area contributed by atoms with Crippen LogP contribution in [0.4, 0.5) is 8.78 Å². The van der Waals surface area contributed by atoms with Gasteiger partial charge in [-0.25, -0.2) is 13.4 Å². The van der Waals surface area contributed by atoms with Crippen molar-refractivity contribution in [3.8, 4) is 0 Å². The maximum Gasteiger partial charge on any atom is 0.290 e. The molecule has 5 nitrogen and oxygen atoms in total. The summed E-state index contributed by atoms with van der Waals surface area (Å²) in [6.45, 7) is 0. The number of sulfone groups is 1. The van der Waals surface area contributed by atoms with Crippen molar-refractivity contribution in [2.45, 2.75) is 23.2 Å². The molecule has 116 valence electrons. The zero-order valence-electron chi connectivity index (χ0n) is 11.2. The van der Waals surface area contributed by atoms with Gasteiger partial charge in [-0.3, -0.25) is 4.79 Å². The molecule has 1 amide bonds. The fourth-order valence-electron chi connectivity index (χ4n) is 2.17. The van der Waals surface area contributed by atoms with Crippen LogP contribution in [0, 0.1) is 0 Å². The molecule has 2 heterocycles. The van der Waals surface area contributed by atoms with Gasteiger partial charge in [0.05, 0.1) is 17.1 Å². The Kier molecular flexibility index (Phi) is 4.82. The minimum Gasteiger partial charge on any atom is -0.338 e. The Morgan fingerprint density at radius 1 is 1.52 bits per heavy atom. The van der Waals surface area contributed by atoms with Crippen LogP contribution in [0.1, 0.15) is 16.8 Å². The number of alkyl halides is 2. The highest BCUT2D eigenvalue weighted by Gasteiger charge is 2.33. The molecule has 0 saturated carbocycles. The molecule has 0 radical (unpaired) electrons. The van der Waals surface area contributed by atoms with Crippen molar-refractivity contribution in [1.29, 1.82) is 0 Å². The summed E-state index contributed by atoms with van der Waals surface area (Å²) < 4.78 is 47.9. The van der Waals surface area contributed by atoms with Crippen molar-refractivity contribution in [2.24, 2.45) is 0 Å². The number of amides is 1. The Morgan fingerprint density at radius 2 is 2.24 bits per heavy atom. The van der Waals surface area contributed by atoms with Crippen molar-refractivity contribution in [2.75, 3.05) is 18.6 Å². The standard InChI is InChI=1S/C12H14F2N2O3S2/c1-16(8-4-6-21(18,19)7-8)11(17)9-3-2-5-15-10(9)20-12(13)14/h2-3,5,8,12H,4,6-7H2,1H3. The molecule has 0 bridgehead atoms. The Morgan fingerprint density at radius 3 is 2.81 bits per heavy atom. The van der Waals surface area contributed by atoms with Crippen LogP contribution >= 0.6 is 11.8 Å². The first-order valence-electron chi connectivity index (χ1n) is 6.17. The molecule has 1 aliphatic rings. The third-order valence-corrected chi connectivity index (χ3v) is 5.76. The van der Waals surface area contributed by atoms with Gasteiger partial charge in [0.15, 0.2) is 9.84 Å². The summed E-state index contributed by atoms with van der Waals surface area (Å²) in [5.41, 5.74) is 0.0644. The lowest BCUT2D eigenvalue weighted by molar-refractivity contribution is 0.0743. The van der Waals surface area contributed by atoms with Crippen LogP contribution in [0.3, 0.4) is 0 Å². The van der Waals surface area contributed by atoms with E-state index >= 15 is 0 Å². The lowest BCUT2D eigenvalue weighted by atomic mass is 10.2. The van der Waals surface area contributed by atoms with Gasteiger partial charge in [-0.05, 0) is 30.3 Å². The van der Waals surface area contributed by atoms with E-state index in [0.717, 1.165) is 0 Å². The first kappa shape index (κ1) is 16.2. The Bertz CT molecular complexity index is 637. The van der Waals surface area contributed by atoms with Gasteiger partial charge in [0.25, 0.3) is 11.7 Å². The Balaban J connectivity index is 2.20. The molecule has 1 fully saturated rings. The molecule has 1 unspecified atom stereocenters. The summed E-state index contributed by atoms with van der Waals surface area (Å²) in [7, 11) is -1.64. The molecule has 1 aromatic heterocycles. The Labute approximate surface area is 125 Å². The van der Waals surface area contributed by atoms with Gasteiger partial charge in [0.2, 0.25) is 0 Å². The van der Waals surface area contributed by atoms with Gasteiger partial charge in [0, 0.05) is 19.3 Å². The van der Waals surface area contributed by atoms with Gasteiger partial charge in [-0.2, -0.15) is 8.78 Å². The van der Waals surface area contributed by atoms with Crippen molar-refractivity contribution >= 4 is 27.5 Å². The quantitative estimate of drug-likeness (QED) is 0.782. The van der Waals surface area contributed by atoms with E-state index in [2.05, 4.69) is 4.98 Å². The van der Waals surface area contributed by atoms with Crippen LogP contribution in [0.2, 0.25) is 0 Å². The monoisotopic (exact) mass is 336 g/mol. The van der Waals surface area contributed by atoms with Crippen LogP contribution in [0.25, 0.3) is 0 Å². The Hall–Kier alpha value is -1.22. The molecule has 9 heteroatoms. The molecule has 1 saturated heterocycles. The van der Waals surface area contributed by atoms with E-state index in [9.17, 15) is 22.0 Å². The number of aromatic nitrogens is 1. The van der Waals surface area contributed by atoms with Gasteiger partial charge < -0.3 is 4.90 Å². The fraction of sp³-hybridized carbons (Fsp3) is 0.500. The van der Waals surface area contributed by atoms with Crippen LogP contribution in [-0.4, -0.2) is 54.6 Å². The SMILES string of the molecule is CN(C(=O)c1cccnc1SC(F)F)C1CCS(=O)(=O)C1. The second kappa shape index (κ2) is 6.27. The van der Waals surface area contributed by atoms with Gasteiger partial charge in [-0.15, -0.1) is 0 Å². The zero-order valence-corrected chi connectivity index (χ0v) is 12.8.